The number of hydrogen-bond acceptors (Lipinski definition) is 4. The first-order valence-corrected chi connectivity index (χ1v) is 8.12. The molecule has 0 saturated heterocycles. The Kier molecular flexibility index (Phi) is 3.88. The molecule has 1 saturated carbocycles. The molecule has 0 bridgehead atoms. The van der Waals surface area contributed by atoms with E-state index in [0.29, 0.717) is 29.5 Å². The summed E-state index contributed by atoms with van der Waals surface area (Å²) in [4.78, 5) is 29.5. The third-order valence-corrected chi connectivity index (χ3v) is 4.74. The van der Waals surface area contributed by atoms with Gasteiger partial charge in [-0.25, -0.2) is 0 Å². The van der Waals surface area contributed by atoms with Crippen LogP contribution in [-0.2, 0) is 12.0 Å². The maximum Gasteiger partial charge on any atom is 0.279 e. The second-order valence-corrected chi connectivity index (χ2v) is 7.52. The van der Waals surface area contributed by atoms with E-state index in [0.717, 1.165) is 24.8 Å². The number of fused-ring (bicyclic) bond motifs is 1. The average molecular weight is 316 g/mol. The first kappa shape index (κ1) is 15.9. The maximum atomic E-state index is 12.8. The Morgan fingerprint density at radius 2 is 2.13 bits per heavy atom. The highest BCUT2D eigenvalue weighted by atomic mass is 16.1. The number of aromatic nitrogens is 3. The predicted octanol–water partition coefficient (Wildman–Crippen LogP) is 2.12. The van der Waals surface area contributed by atoms with Crippen LogP contribution in [-0.4, -0.2) is 38.9 Å². The van der Waals surface area contributed by atoms with Crippen LogP contribution in [0.15, 0.2) is 10.9 Å². The molecule has 0 amide bonds. The highest BCUT2D eigenvalue weighted by Crippen LogP contribution is 2.25. The van der Waals surface area contributed by atoms with Crippen molar-refractivity contribution in [3.63, 3.8) is 0 Å². The number of aldehydes is 1. The number of rotatable bonds is 4. The second kappa shape index (κ2) is 5.60. The summed E-state index contributed by atoms with van der Waals surface area (Å²) < 4.78 is 1.39. The summed E-state index contributed by atoms with van der Waals surface area (Å²) in [5.74, 6) is 0. The van der Waals surface area contributed by atoms with Crippen molar-refractivity contribution in [1.29, 1.82) is 0 Å². The summed E-state index contributed by atoms with van der Waals surface area (Å²) in [7, 11) is 2.01. The minimum absolute atomic E-state index is 0.156. The van der Waals surface area contributed by atoms with Gasteiger partial charge in [0.2, 0.25) is 0 Å². The standard InChI is InChI=1S/C17H24N4O2/c1-17(2,3)14-8-15-18-13(10-22)12(16(23)21(15)19-14)9-20(4)11-6-5-7-11/h8,10-11,18H,5-7,9H2,1-4H3. The van der Waals surface area contributed by atoms with Gasteiger partial charge in [-0.15, -0.1) is 0 Å². The van der Waals surface area contributed by atoms with Gasteiger partial charge in [-0.1, -0.05) is 27.2 Å². The number of hydrogen-bond donors (Lipinski definition) is 1. The number of carbonyl (C=O) groups is 1. The quantitative estimate of drug-likeness (QED) is 0.877. The van der Waals surface area contributed by atoms with Gasteiger partial charge in [-0.3, -0.25) is 14.5 Å². The van der Waals surface area contributed by atoms with Crippen molar-refractivity contribution >= 4 is 11.9 Å². The van der Waals surface area contributed by atoms with Crippen LogP contribution in [0.25, 0.3) is 5.65 Å². The van der Waals surface area contributed by atoms with Crippen LogP contribution < -0.4 is 5.56 Å². The highest BCUT2D eigenvalue weighted by Gasteiger charge is 2.25. The first-order chi connectivity index (χ1) is 10.8. The molecular formula is C17H24N4O2. The summed E-state index contributed by atoms with van der Waals surface area (Å²) in [6.45, 7) is 6.61. The molecule has 1 fully saturated rings. The summed E-state index contributed by atoms with van der Waals surface area (Å²) in [5.41, 5.74) is 1.88. The van der Waals surface area contributed by atoms with Crippen molar-refractivity contribution in [1.82, 2.24) is 19.5 Å². The van der Waals surface area contributed by atoms with Gasteiger partial charge < -0.3 is 4.98 Å². The number of nitrogens with zero attached hydrogens (tertiary/aromatic N) is 3. The van der Waals surface area contributed by atoms with Gasteiger partial charge in [-0.2, -0.15) is 9.61 Å². The summed E-state index contributed by atoms with van der Waals surface area (Å²) in [5, 5.41) is 4.44. The number of aromatic amines is 1. The third-order valence-electron chi connectivity index (χ3n) is 4.74. The molecule has 1 aliphatic rings. The lowest BCUT2D eigenvalue weighted by Crippen LogP contribution is -2.39. The lowest BCUT2D eigenvalue weighted by molar-refractivity contribution is 0.111. The predicted molar refractivity (Wildman–Crippen MR) is 89.0 cm³/mol. The van der Waals surface area contributed by atoms with Crippen LogP contribution in [0.4, 0.5) is 0 Å². The Morgan fingerprint density at radius 3 is 2.65 bits per heavy atom. The van der Waals surface area contributed by atoms with Crippen LogP contribution in [0.5, 0.6) is 0 Å². The number of nitrogens with one attached hydrogen (secondary N) is 1. The van der Waals surface area contributed by atoms with Crippen LogP contribution in [0.3, 0.4) is 0 Å². The van der Waals surface area contributed by atoms with E-state index in [4.69, 9.17) is 0 Å². The fourth-order valence-corrected chi connectivity index (χ4v) is 2.91. The maximum absolute atomic E-state index is 12.8. The monoisotopic (exact) mass is 316 g/mol. The van der Waals surface area contributed by atoms with E-state index >= 15 is 0 Å². The van der Waals surface area contributed by atoms with Gasteiger partial charge in [0.15, 0.2) is 6.29 Å². The zero-order chi connectivity index (χ0) is 16.8. The molecule has 2 aromatic rings. The fraction of sp³-hybridized carbons (Fsp3) is 0.588. The molecule has 3 rings (SSSR count). The van der Waals surface area contributed by atoms with Crippen molar-refractivity contribution < 1.29 is 4.79 Å². The van der Waals surface area contributed by atoms with E-state index in [9.17, 15) is 9.59 Å². The summed E-state index contributed by atoms with van der Waals surface area (Å²) in [6, 6.07) is 2.35. The van der Waals surface area contributed by atoms with Crippen molar-refractivity contribution in [2.45, 2.75) is 58.0 Å². The molecule has 6 heteroatoms. The molecule has 0 aromatic carbocycles. The van der Waals surface area contributed by atoms with E-state index in [1.165, 1.54) is 10.9 Å². The lowest BCUT2D eigenvalue weighted by Gasteiger charge is -2.34. The number of H-pyrrole nitrogens is 1. The largest absolute Gasteiger partial charge is 0.337 e. The van der Waals surface area contributed by atoms with Crippen molar-refractivity contribution in [2.75, 3.05) is 7.05 Å². The summed E-state index contributed by atoms with van der Waals surface area (Å²) >= 11 is 0. The van der Waals surface area contributed by atoms with E-state index in [-0.39, 0.29) is 11.0 Å². The molecule has 0 radical (unpaired) electrons. The lowest BCUT2D eigenvalue weighted by atomic mass is 9.91. The Hall–Kier alpha value is -1.95. The van der Waals surface area contributed by atoms with Gasteiger partial charge >= 0.3 is 0 Å². The van der Waals surface area contributed by atoms with Crippen molar-refractivity contribution in [3.8, 4) is 0 Å². The molecule has 2 heterocycles. The van der Waals surface area contributed by atoms with Gasteiger partial charge in [0.25, 0.3) is 5.56 Å². The molecule has 0 spiro atoms. The van der Waals surface area contributed by atoms with Crippen LogP contribution in [0.1, 0.15) is 61.8 Å². The molecule has 2 aromatic heterocycles. The van der Waals surface area contributed by atoms with Crippen LogP contribution >= 0.6 is 0 Å². The van der Waals surface area contributed by atoms with Gasteiger partial charge in [0.05, 0.1) is 17.0 Å². The van der Waals surface area contributed by atoms with Crippen molar-refractivity contribution in [2.24, 2.45) is 0 Å². The zero-order valence-electron chi connectivity index (χ0n) is 14.2. The zero-order valence-corrected chi connectivity index (χ0v) is 14.2. The second-order valence-electron chi connectivity index (χ2n) is 7.52. The Balaban J connectivity index is 2.07. The first-order valence-electron chi connectivity index (χ1n) is 8.12. The SMILES string of the molecule is CN(Cc1c(C=O)[nH]c2cc(C(C)(C)C)nn2c1=O)C1CCC1. The Bertz CT molecular complexity index is 793. The fourth-order valence-electron chi connectivity index (χ4n) is 2.91. The normalized spacial score (nSPS) is 16.0. The van der Waals surface area contributed by atoms with Gasteiger partial charge in [-0.05, 0) is 19.9 Å². The van der Waals surface area contributed by atoms with Crippen LogP contribution in [0, 0.1) is 0 Å². The van der Waals surface area contributed by atoms with E-state index in [2.05, 4.69) is 15.0 Å². The molecule has 0 atom stereocenters. The molecule has 0 unspecified atom stereocenters. The van der Waals surface area contributed by atoms with E-state index in [1.54, 1.807) is 0 Å². The van der Waals surface area contributed by atoms with Gasteiger partial charge in [0, 0.05) is 24.1 Å². The Morgan fingerprint density at radius 1 is 1.43 bits per heavy atom. The van der Waals surface area contributed by atoms with Crippen molar-refractivity contribution in [3.05, 3.63) is 33.4 Å². The topological polar surface area (TPSA) is 70.5 Å². The molecule has 124 valence electrons. The minimum Gasteiger partial charge on any atom is -0.337 e. The number of carbonyl (C=O) groups excluding carboxylic acids is 1. The molecule has 1 N–H and O–H groups in total. The molecule has 0 aliphatic heterocycles. The summed E-state index contributed by atoms with van der Waals surface area (Å²) in [6.07, 6.45) is 4.28. The van der Waals surface area contributed by atoms with E-state index < -0.39 is 0 Å². The molecular weight excluding hydrogens is 292 g/mol. The average Bonchev–Trinajstić information content (AvgIpc) is 2.84. The molecule has 23 heavy (non-hydrogen) atoms. The molecule has 1 aliphatic carbocycles. The van der Waals surface area contributed by atoms with Gasteiger partial charge in [0.1, 0.15) is 5.65 Å². The Labute approximate surface area is 135 Å². The third kappa shape index (κ3) is 2.83. The van der Waals surface area contributed by atoms with Crippen LogP contribution in [0.2, 0.25) is 0 Å². The molecule has 6 nitrogen and oxygen atoms in total. The highest BCUT2D eigenvalue weighted by molar-refractivity contribution is 5.75. The smallest absolute Gasteiger partial charge is 0.279 e. The van der Waals surface area contributed by atoms with E-state index in [1.807, 2.05) is 33.9 Å². The minimum atomic E-state index is -0.206.